The third kappa shape index (κ3) is 2.25. The lowest BCUT2D eigenvalue weighted by atomic mass is 10.9. The van der Waals surface area contributed by atoms with Crippen LogP contribution in [0.4, 0.5) is 0 Å². The summed E-state index contributed by atoms with van der Waals surface area (Å²) >= 11 is 0. The second-order valence-electron chi connectivity index (χ2n) is 2.01. The third-order valence-corrected chi connectivity index (χ3v) is 3.31. The molecule has 0 aromatic carbocycles. The van der Waals surface area contributed by atoms with Gasteiger partial charge in [-0.3, -0.25) is 4.57 Å². The van der Waals surface area contributed by atoms with Gasteiger partial charge in [-0.2, -0.15) is 0 Å². The van der Waals surface area contributed by atoms with E-state index in [9.17, 15) is 4.57 Å². The molecule has 0 amide bonds. The fraction of sp³-hybridized carbons (Fsp3) is 0.667. The van der Waals surface area contributed by atoms with E-state index in [-0.39, 0.29) is 0 Å². The van der Waals surface area contributed by atoms with Crippen molar-refractivity contribution in [3.8, 4) is 0 Å². The molecule has 0 spiro atoms. The lowest BCUT2D eigenvalue weighted by Crippen LogP contribution is -2.08. The molecule has 0 radical (unpaired) electrons. The van der Waals surface area contributed by atoms with Crippen LogP contribution in [0.5, 0.6) is 0 Å². The zero-order chi connectivity index (χ0) is 8.20. The Morgan fingerprint density at radius 1 is 1.70 bits per heavy atom. The molecule has 0 aliphatic rings. The monoisotopic (exact) mass is 163 g/mol. The summed E-state index contributed by atoms with van der Waals surface area (Å²) in [7, 11) is 0.738. The SMILES string of the molecule is C=CP(=O)(OCC)N(C)C. The Kier molecular flexibility index (Phi) is 3.87. The highest BCUT2D eigenvalue weighted by molar-refractivity contribution is 7.59. The van der Waals surface area contributed by atoms with Crippen molar-refractivity contribution in [1.82, 2.24) is 4.67 Å². The molecule has 1 unspecified atom stereocenters. The van der Waals surface area contributed by atoms with Crippen LogP contribution in [-0.4, -0.2) is 25.4 Å². The molecule has 0 aliphatic heterocycles. The van der Waals surface area contributed by atoms with Crippen LogP contribution in [0, 0.1) is 0 Å². The van der Waals surface area contributed by atoms with Gasteiger partial charge >= 0.3 is 0 Å². The van der Waals surface area contributed by atoms with Gasteiger partial charge in [0, 0.05) is 5.82 Å². The second kappa shape index (κ2) is 3.91. The molecule has 0 fully saturated rings. The zero-order valence-corrected chi connectivity index (χ0v) is 7.60. The van der Waals surface area contributed by atoms with Crippen LogP contribution in [0.15, 0.2) is 12.4 Å². The van der Waals surface area contributed by atoms with E-state index in [1.807, 2.05) is 0 Å². The molecule has 0 saturated carbocycles. The standard InChI is InChI=1S/C6H14NO2P/c1-5-9-10(8,6-2)7(3)4/h6H,2,5H2,1,3-4H3. The van der Waals surface area contributed by atoms with Gasteiger partial charge in [0.1, 0.15) is 0 Å². The van der Waals surface area contributed by atoms with Gasteiger partial charge in [-0.15, -0.1) is 0 Å². The van der Waals surface area contributed by atoms with Crippen LogP contribution in [0.2, 0.25) is 0 Å². The van der Waals surface area contributed by atoms with Crippen LogP contribution in [0.1, 0.15) is 6.92 Å². The molecule has 0 aliphatic carbocycles. The minimum atomic E-state index is -2.67. The van der Waals surface area contributed by atoms with Gasteiger partial charge in [0.25, 0.3) is 7.52 Å². The van der Waals surface area contributed by atoms with Crippen molar-refractivity contribution in [2.75, 3.05) is 20.7 Å². The fourth-order valence-corrected chi connectivity index (χ4v) is 1.55. The summed E-state index contributed by atoms with van der Waals surface area (Å²) in [5.41, 5.74) is 0. The summed E-state index contributed by atoms with van der Waals surface area (Å²) in [6.07, 6.45) is 0. The average Bonchev–Trinajstić information content (AvgIpc) is 1.88. The highest BCUT2D eigenvalue weighted by atomic mass is 31.2. The van der Waals surface area contributed by atoms with Crippen molar-refractivity contribution in [2.45, 2.75) is 6.92 Å². The topological polar surface area (TPSA) is 29.5 Å². The first-order chi connectivity index (χ1) is 4.56. The number of hydrogen-bond donors (Lipinski definition) is 0. The quantitative estimate of drug-likeness (QED) is 0.593. The Morgan fingerprint density at radius 2 is 2.20 bits per heavy atom. The van der Waals surface area contributed by atoms with Crippen molar-refractivity contribution >= 4 is 7.52 Å². The number of rotatable bonds is 4. The molecule has 10 heavy (non-hydrogen) atoms. The van der Waals surface area contributed by atoms with Crippen LogP contribution in [0.25, 0.3) is 0 Å². The molecular weight excluding hydrogens is 149 g/mol. The first-order valence-electron chi connectivity index (χ1n) is 3.12. The van der Waals surface area contributed by atoms with Crippen LogP contribution in [0.3, 0.4) is 0 Å². The average molecular weight is 163 g/mol. The predicted molar refractivity (Wildman–Crippen MR) is 43.1 cm³/mol. The maximum absolute atomic E-state index is 11.5. The Morgan fingerprint density at radius 3 is 2.30 bits per heavy atom. The van der Waals surface area contributed by atoms with Crippen molar-refractivity contribution in [2.24, 2.45) is 0 Å². The first-order valence-corrected chi connectivity index (χ1v) is 4.77. The van der Waals surface area contributed by atoms with Gasteiger partial charge in [0.05, 0.1) is 6.61 Å². The summed E-state index contributed by atoms with van der Waals surface area (Å²) < 4.78 is 18.0. The molecule has 0 bridgehead atoms. The van der Waals surface area contributed by atoms with Crippen molar-refractivity contribution in [1.29, 1.82) is 0 Å². The van der Waals surface area contributed by atoms with E-state index < -0.39 is 7.52 Å². The smallest absolute Gasteiger partial charge is 0.294 e. The summed E-state index contributed by atoms with van der Waals surface area (Å²) in [6.45, 7) is 5.69. The van der Waals surface area contributed by atoms with Crippen LogP contribution >= 0.6 is 7.52 Å². The van der Waals surface area contributed by atoms with Gasteiger partial charge in [-0.05, 0) is 21.0 Å². The van der Waals surface area contributed by atoms with Crippen LogP contribution in [-0.2, 0) is 9.09 Å². The lowest BCUT2D eigenvalue weighted by Gasteiger charge is -2.19. The molecule has 60 valence electrons. The zero-order valence-electron chi connectivity index (χ0n) is 6.70. The highest BCUT2D eigenvalue weighted by Gasteiger charge is 2.19. The Labute approximate surface area is 62.2 Å². The molecule has 1 atom stereocenters. The van der Waals surface area contributed by atoms with Crippen molar-refractivity contribution in [3.63, 3.8) is 0 Å². The van der Waals surface area contributed by atoms with Crippen molar-refractivity contribution < 1.29 is 9.09 Å². The molecule has 0 aromatic heterocycles. The van der Waals surface area contributed by atoms with E-state index in [2.05, 4.69) is 6.58 Å². The van der Waals surface area contributed by atoms with E-state index in [4.69, 9.17) is 4.52 Å². The normalized spacial score (nSPS) is 16.8. The molecular formula is C6H14NO2P. The van der Waals surface area contributed by atoms with Crippen LogP contribution < -0.4 is 0 Å². The second-order valence-corrected chi connectivity index (χ2v) is 4.56. The van der Waals surface area contributed by atoms with Crippen molar-refractivity contribution in [3.05, 3.63) is 12.4 Å². The van der Waals surface area contributed by atoms with Gasteiger partial charge in [-0.1, -0.05) is 6.58 Å². The van der Waals surface area contributed by atoms with E-state index in [1.54, 1.807) is 25.7 Å². The molecule has 0 N–H and O–H groups in total. The molecule has 3 nitrogen and oxygen atoms in total. The van der Waals surface area contributed by atoms with E-state index in [0.29, 0.717) is 6.61 Å². The van der Waals surface area contributed by atoms with E-state index in [0.717, 1.165) is 0 Å². The highest BCUT2D eigenvalue weighted by Crippen LogP contribution is 2.49. The maximum atomic E-state index is 11.5. The summed E-state index contributed by atoms with van der Waals surface area (Å²) in [4.78, 5) is 0. The Balaban J connectivity index is 4.24. The largest absolute Gasteiger partial charge is 0.315 e. The Hall–Kier alpha value is -0.110. The van der Waals surface area contributed by atoms with Gasteiger partial charge < -0.3 is 4.52 Å². The van der Waals surface area contributed by atoms with E-state index in [1.165, 1.54) is 5.82 Å². The summed E-state index contributed by atoms with van der Waals surface area (Å²) in [6, 6.07) is 0. The van der Waals surface area contributed by atoms with Gasteiger partial charge in [0.15, 0.2) is 0 Å². The molecule has 0 rings (SSSR count). The maximum Gasteiger partial charge on any atom is 0.294 e. The first kappa shape index (κ1) is 9.89. The molecule has 4 heteroatoms. The minimum Gasteiger partial charge on any atom is -0.315 e. The summed E-state index contributed by atoms with van der Waals surface area (Å²) in [5.74, 6) is 1.36. The predicted octanol–water partition coefficient (Wildman–Crippen LogP) is 1.92. The third-order valence-electron chi connectivity index (χ3n) is 1.10. The van der Waals surface area contributed by atoms with Gasteiger partial charge in [0.2, 0.25) is 0 Å². The summed E-state index contributed by atoms with van der Waals surface area (Å²) in [5, 5.41) is 0. The fourth-order valence-electron chi connectivity index (χ4n) is 0.516. The van der Waals surface area contributed by atoms with Gasteiger partial charge in [-0.25, -0.2) is 4.67 Å². The number of nitrogens with zero attached hydrogens (tertiary/aromatic N) is 1. The van der Waals surface area contributed by atoms with E-state index >= 15 is 0 Å². The molecule has 0 aromatic rings. The number of hydrogen-bond acceptors (Lipinski definition) is 2. The molecule has 0 heterocycles. The molecule has 0 saturated heterocycles. The lowest BCUT2D eigenvalue weighted by molar-refractivity contribution is 0.306. The Bertz CT molecular complexity index is 156. The minimum absolute atomic E-state index is 0.446.